The Morgan fingerprint density at radius 1 is 1.21 bits per heavy atom. The third kappa shape index (κ3) is 0.877. The van der Waals surface area contributed by atoms with E-state index in [-0.39, 0.29) is 11.8 Å². The zero-order chi connectivity index (χ0) is 9.92. The Kier molecular flexibility index (Phi) is 1.44. The molecule has 0 saturated heterocycles. The smallest absolute Gasteiger partial charge is 0.139 e. The molecule has 2 unspecified atom stereocenters. The second-order valence-corrected chi connectivity index (χ2v) is 5.31. The van der Waals surface area contributed by atoms with E-state index in [1.807, 2.05) is 0 Å². The van der Waals surface area contributed by atoms with Crippen LogP contribution in [0, 0.1) is 23.2 Å². The van der Waals surface area contributed by atoms with E-state index in [1.54, 1.807) is 0 Å². The summed E-state index contributed by atoms with van der Waals surface area (Å²) in [5.74, 6) is -0.0244. The molecule has 4 aliphatic carbocycles. The lowest BCUT2D eigenvalue weighted by Crippen LogP contribution is -2.57. The highest BCUT2D eigenvalue weighted by atomic mass is 16.4. The van der Waals surface area contributed by atoms with Crippen LogP contribution in [0.5, 0.6) is 0 Å². The molecule has 0 radical (unpaired) electrons. The van der Waals surface area contributed by atoms with Crippen LogP contribution < -0.4 is 5.11 Å². The topological polar surface area (TPSA) is 57.2 Å². The van der Waals surface area contributed by atoms with Crippen molar-refractivity contribution in [2.24, 2.45) is 23.2 Å². The highest BCUT2D eigenvalue weighted by Gasteiger charge is 2.55. The molecule has 0 N–H and O–H groups in total. The maximum Gasteiger partial charge on any atom is 0.139 e. The summed E-state index contributed by atoms with van der Waals surface area (Å²) in [6.07, 6.45) is 3.74. The molecule has 0 heterocycles. The number of carbonyl (C=O) groups is 2. The van der Waals surface area contributed by atoms with Crippen molar-refractivity contribution in [2.45, 2.75) is 32.1 Å². The van der Waals surface area contributed by atoms with Crippen molar-refractivity contribution in [1.29, 1.82) is 0 Å². The summed E-state index contributed by atoms with van der Waals surface area (Å²) in [6.45, 7) is 0. The van der Waals surface area contributed by atoms with Gasteiger partial charge in [0, 0.05) is 23.2 Å². The second kappa shape index (κ2) is 2.38. The van der Waals surface area contributed by atoms with E-state index < -0.39 is 11.4 Å². The summed E-state index contributed by atoms with van der Waals surface area (Å²) in [7, 11) is 0. The number of ketones is 1. The van der Waals surface area contributed by atoms with Crippen LogP contribution in [0.3, 0.4) is 0 Å². The summed E-state index contributed by atoms with van der Waals surface area (Å²) < 4.78 is 0. The number of carboxylic acid groups (broad SMARTS) is 1. The van der Waals surface area contributed by atoms with Crippen molar-refractivity contribution < 1.29 is 14.7 Å². The lowest BCUT2D eigenvalue weighted by molar-refractivity contribution is -0.325. The summed E-state index contributed by atoms with van der Waals surface area (Å²) in [4.78, 5) is 22.9. The molecule has 0 aromatic carbocycles. The Balaban J connectivity index is 2.00. The third-order valence-electron chi connectivity index (χ3n) is 4.43. The molecule has 4 saturated carbocycles. The van der Waals surface area contributed by atoms with E-state index in [0.717, 1.165) is 19.3 Å². The summed E-state index contributed by atoms with van der Waals surface area (Å²) in [5.41, 5.74) is -0.635. The van der Waals surface area contributed by atoms with Crippen LogP contribution in [0.25, 0.3) is 0 Å². The average Bonchev–Trinajstić information content (AvgIpc) is 2.12. The minimum absolute atomic E-state index is 0.0409. The molecule has 3 nitrogen and oxygen atoms in total. The van der Waals surface area contributed by atoms with E-state index in [1.165, 1.54) is 0 Å². The molecule has 4 aliphatic rings. The lowest BCUT2D eigenvalue weighted by atomic mass is 9.49. The lowest BCUT2D eigenvalue weighted by Gasteiger charge is -2.56. The van der Waals surface area contributed by atoms with Gasteiger partial charge in [0.05, 0.1) is 0 Å². The van der Waals surface area contributed by atoms with Crippen LogP contribution in [0.15, 0.2) is 0 Å². The number of carbonyl (C=O) groups excluding carboxylic acids is 2. The van der Waals surface area contributed by atoms with Gasteiger partial charge in [-0.2, -0.15) is 0 Å². The van der Waals surface area contributed by atoms with Crippen molar-refractivity contribution in [1.82, 2.24) is 0 Å². The van der Waals surface area contributed by atoms with E-state index >= 15 is 0 Å². The average molecular weight is 193 g/mol. The standard InChI is InChI=1S/C11H14O3/c12-9-7-1-6-2-8(9)5-11(3-6,4-7)10(13)14/h6-8H,1-5H2,(H,13,14)/p-1. The van der Waals surface area contributed by atoms with Crippen molar-refractivity contribution in [2.75, 3.05) is 0 Å². The number of hydrogen-bond acceptors (Lipinski definition) is 3. The maximum absolute atomic E-state index is 11.7. The first-order chi connectivity index (χ1) is 6.61. The van der Waals surface area contributed by atoms with Crippen molar-refractivity contribution in [3.8, 4) is 0 Å². The Morgan fingerprint density at radius 2 is 1.79 bits per heavy atom. The number of carboxylic acids is 1. The van der Waals surface area contributed by atoms with Gasteiger partial charge in [-0.25, -0.2) is 0 Å². The van der Waals surface area contributed by atoms with Crippen LogP contribution in [0.2, 0.25) is 0 Å². The van der Waals surface area contributed by atoms with Gasteiger partial charge in [0.2, 0.25) is 0 Å². The first-order valence-corrected chi connectivity index (χ1v) is 5.36. The highest BCUT2D eigenvalue weighted by molar-refractivity contribution is 5.88. The number of hydrogen-bond donors (Lipinski definition) is 0. The van der Waals surface area contributed by atoms with Crippen molar-refractivity contribution in [3.05, 3.63) is 0 Å². The molecule has 14 heavy (non-hydrogen) atoms. The van der Waals surface area contributed by atoms with Crippen LogP contribution >= 0.6 is 0 Å². The Bertz CT molecular complexity index is 302. The summed E-state index contributed by atoms with van der Waals surface area (Å²) >= 11 is 0. The number of aliphatic carboxylic acids is 1. The minimum atomic E-state index is -0.913. The van der Waals surface area contributed by atoms with Gasteiger partial charge in [-0.05, 0) is 38.0 Å². The summed E-state index contributed by atoms with van der Waals surface area (Å²) in [5, 5.41) is 11.1. The van der Waals surface area contributed by atoms with Gasteiger partial charge in [-0.1, -0.05) is 0 Å². The normalized spacial score (nSPS) is 49.7. The molecule has 4 bridgehead atoms. The molecular weight excluding hydrogens is 180 g/mol. The largest absolute Gasteiger partial charge is 0.550 e. The second-order valence-electron chi connectivity index (χ2n) is 5.31. The first kappa shape index (κ1) is 8.45. The molecule has 76 valence electrons. The molecule has 0 spiro atoms. The maximum atomic E-state index is 11.7. The molecule has 4 rings (SSSR count). The summed E-state index contributed by atoms with van der Waals surface area (Å²) in [6, 6.07) is 0. The van der Waals surface area contributed by atoms with Crippen molar-refractivity contribution in [3.63, 3.8) is 0 Å². The van der Waals surface area contributed by atoms with Gasteiger partial charge >= 0.3 is 0 Å². The quantitative estimate of drug-likeness (QED) is 0.595. The van der Waals surface area contributed by atoms with E-state index in [2.05, 4.69) is 0 Å². The molecular formula is C11H13O3-. The fraction of sp³-hybridized carbons (Fsp3) is 0.818. The molecule has 0 aromatic rings. The molecule has 0 aromatic heterocycles. The van der Waals surface area contributed by atoms with Gasteiger partial charge in [-0.15, -0.1) is 0 Å². The zero-order valence-corrected chi connectivity index (χ0v) is 7.99. The zero-order valence-electron chi connectivity index (χ0n) is 7.99. The minimum Gasteiger partial charge on any atom is -0.550 e. The van der Waals surface area contributed by atoms with E-state index in [0.29, 0.717) is 24.5 Å². The first-order valence-electron chi connectivity index (χ1n) is 5.36. The SMILES string of the molecule is O=C1C2CC3CC1CC(C(=O)[O-])(C3)C2. The van der Waals surface area contributed by atoms with Crippen molar-refractivity contribution >= 4 is 11.8 Å². The fourth-order valence-corrected chi connectivity index (χ4v) is 4.00. The van der Waals surface area contributed by atoms with Crippen LogP contribution in [-0.4, -0.2) is 11.8 Å². The van der Waals surface area contributed by atoms with Crippen LogP contribution in [-0.2, 0) is 9.59 Å². The molecule has 2 atom stereocenters. The predicted octanol–water partition coefficient (Wildman–Crippen LogP) is 0.132. The number of Topliss-reactive ketones (excluding diaryl/α,β-unsaturated/α-hetero) is 1. The number of rotatable bonds is 1. The Hall–Kier alpha value is -0.860. The van der Waals surface area contributed by atoms with Gasteiger partial charge < -0.3 is 9.90 Å². The van der Waals surface area contributed by atoms with Gasteiger partial charge in [0.15, 0.2) is 0 Å². The highest BCUT2D eigenvalue weighted by Crippen LogP contribution is 2.58. The Labute approximate surface area is 82.5 Å². The fourth-order valence-electron chi connectivity index (χ4n) is 4.00. The third-order valence-corrected chi connectivity index (χ3v) is 4.43. The van der Waals surface area contributed by atoms with Gasteiger partial charge in [0.25, 0.3) is 0 Å². The van der Waals surface area contributed by atoms with Crippen LogP contribution in [0.1, 0.15) is 32.1 Å². The monoisotopic (exact) mass is 193 g/mol. The predicted molar refractivity (Wildman–Crippen MR) is 46.0 cm³/mol. The molecule has 3 heteroatoms. The molecule has 0 amide bonds. The molecule has 4 fully saturated rings. The van der Waals surface area contributed by atoms with Gasteiger partial charge in [-0.3, -0.25) is 4.79 Å². The van der Waals surface area contributed by atoms with E-state index in [9.17, 15) is 14.7 Å². The van der Waals surface area contributed by atoms with E-state index in [4.69, 9.17) is 0 Å². The Morgan fingerprint density at radius 3 is 2.29 bits per heavy atom. The molecule has 0 aliphatic heterocycles. The van der Waals surface area contributed by atoms with Gasteiger partial charge in [0.1, 0.15) is 5.78 Å². The van der Waals surface area contributed by atoms with Crippen LogP contribution in [0.4, 0.5) is 0 Å².